The molecule has 3 aromatic rings. The fourth-order valence-corrected chi connectivity index (χ4v) is 2.85. The molecule has 1 heterocycles. The zero-order valence-electron chi connectivity index (χ0n) is 14.9. The van der Waals surface area contributed by atoms with E-state index >= 15 is 0 Å². The standard InChI is InChI=1S/C17H12BrN7O5/c18-10-4-3-5-11(8-10)21-15-14(25(29)30)16(20-9-19-15)22-23-17(26)12-6-1-2-7-13(12)24(27)28/h1-9H,(H,23,26)(H2,19,20,21,22). The van der Waals surface area contributed by atoms with Crippen molar-refractivity contribution in [3.8, 4) is 0 Å². The topological polar surface area (TPSA) is 165 Å². The van der Waals surface area contributed by atoms with E-state index in [0.717, 1.165) is 10.8 Å². The van der Waals surface area contributed by atoms with Gasteiger partial charge in [0, 0.05) is 16.2 Å². The van der Waals surface area contributed by atoms with Crippen LogP contribution < -0.4 is 16.2 Å². The number of aromatic nitrogens is 2. The fraction of sp³-hybridized carbons (Fsp3) is 0. The first-order valence-electron chi connectivity index (χ1n) is 8.18. The monoisotopic (exact) mass is 473 g/mol. The van der Waals surface area contributed by atoms with Crippen molar-refractivity contribution in [1.29, 1.82) is 0 Å². The molecular weight excluding hydrogens is 462 g/mol. The van der Waals surface area contributed by atoms with Crippen LogP contribution >= 0.6 is 15.9 Å². The van der Waals surface area contributed by atoms with Crippen LogP contribution in [0.1, 0.15) is 10.4 Å². The number of nitrogens with zero attached hydrogens (tertiary/aromatic N) is 4. The van der Waals surface area contributed by atoms with E-state index in [1.54, 1.807) is 24.3 Å². The highest BCUT2D eigenvalue weighted by molar-refractivity contribution is 9.10. The highest BCUT2D eigenvalue weighted by atomic mass is 79.9. The normalized spacial score (nSPS) is 10.2. The quantitative estimate of drug-likeness (QED) is 0.343. The number of hydrogen-bond acceptors (Lipinski definition) is 9. The molecule has 0 unspecified atom stereocenters. The maximum atomic E-state index is 12.3. The van der Waals surface area contributed by atoms with Crippen molar-refractivity contribution in [3.63, 3.8) is 0 Å². The Morgan fingerprint density at radius 3 is 2.40 bits per heavy atom. The predicted molar refractivity (Wildman–Crippen MR) is 110 cm³/mol. The number of amides is 1. The van der Waals surface area contributed by atoms with Crippen molar-refractivity contribution in [2.45, 2.75) is 0 Å². The van der Waals surface area contributed by atoms with Crippen LogP contribution in [-0.4, -0.2) is 25.7 Å². The number of carbonyl (C=O) groups is 1. The predicted octanol–water partition coefficient (Wildman–Crippen LogP) is 3.56. The first-order valence-corrected chi connectivity index (χ1v) is 8.98. The number of hydrogen-bond donors (Lipinski definition) is 3. The minimum atomic E-state index is -0.864. The average Bonchev–Trinajstić information content (AvgIpc) is 2.71. The summed E-state index contributed by atoms with van der Waals surface area (Å²) in [5, 5.41) is 25.5. The zero-order chi connectivity index (χ0) is 21.7. The molecule has 12 nitrogen and oxygen atoms in total. The molecule has 0 aliphatic heterocycles. The molecule has 3 rings (SSSR count). The second kappa shape index (κ2) is 8.91. The third-order valence-electron chi connectivity index (χ3n) is 3.73. The smallest absolute Gasteiger partial charge is 0.334 e. The van der Waals surface area contributed by atoms with Gasteiger partial charge in [-0.15, -0.1) is 0 Å². The molecule has 3 N–H and O–H groups in total. The first-order chi connectivity index (χ1) is 14.4. The van der Waals surface area contributed by atoms with E-state index in [1.165, 1.54) is 24.3 Å². The van der Waals surface area contributed by atoms with E-state index in [0.29, 0.717) is 5.69 Å². The van der Waals surface area contributed by atoms with Crippen LogP contribution in [-0.2, 0) is 0 Å². The van der Waals surface area contributed by atoms with E-state index in [-0.39, 0.29) is 17.2 Å². The second-order valence-electron chi connectivity index (χ2n) is 5.67. The first kappa shape index (κ1) is 20.6. The summed E-state index contributed by atoms with van der Waals surface area (Å²) in [6, 6.07) is 12.2. The van der Waals surface area contributed by atoms with Crippen molar-refractivity contribution in [2.75, 3.05) is 10.7 Å². The Morgan fingerprint density at radius 2 is 1.70 bits per heavy atom. The highest BCUT2D eigenvalue weighted by Crippen LogP contribution is 2.31. The minimum Gasteiger partial charge on any atom is -0.334 e. The minimum absolute atomic E-state index is 0.115. The number of nitrogens with one attached hydrogen (secondary N) is 3. The number of nitro benzene ring substituents is 1. The maximum Gasteiger partial charge on any atom is 0.355 e. The van der Waals surface area contributed by atoms with Crippen LogP contribution in [0.5, 0.6) is 0 Å². The summed E-state index contributed by atoms with van der Waals surface area (Å²) in [5.74, 6) is -1.29. The van der Waals surface area contributed by atoms with E-state index in [1.807, 2.05) is 0 Å². The molecule has 1 aromatic heterocycles. The molecule has 13 heteroatoms. The number of halogens is 1. The van der Waals surface area contributed by atoms with E-state index in [4.69, 9.17) is 0 Å². The van der Waals surface area contributed by atoms with E-state index in [9.17, 15) is 25.0 Å². The number of benzene rings is 2. The maximum absolute atomic E-state index is 12.3. The summed E-state index contributed by atoms with van der Waals surface area (Å²) in [6.07, 6.45) is 1.06. The fourth-order valence-electron chi connectivity index (χ4n) is 2.45. The van der Waals surface area contributed by atoms with Crippen LogP contribution in [0.25, 0.3) is 0 Å². The van der Waals surface area contributed by atoms with Crippen molar-refractivity contribution in [2.24, 2.45) is 0 Å². The summed E-state index contributed by atoms with van der Waals surface area (Å²) >= 11 is 3.30. The van der Waals surface area contributed by atoms with Gasteiger partial charge in [0.25, 0.3) is 11.6 Å². The third kappa shape index (κ3) is 4.64. The number of anilines is 3. The number of carbonyl (C=O) groups excluding carboxylic acids is 1. The molecule has 0 fully saturated rings. The molecule has 0 saturated carbocycles. The van der Waals surface area contributed by atoms with Crippen molar-refractivity contribution >= 4 is 50.5 Å². The summed E-state index contributed by atoms with van der Waals surface area (Å²) in [4.78, 5) is 41.2. The third-order valence-corrected chi connectivity index (χ3v) is 4.23. The lowest BCUT2D eigenvalue weighted by molar-refractivity contribution is -0.385. The Morgan fingerprint density at radius 1 is 0.967 bits per heavy atom. The van der Waals surface area contributed by atoms with Crippen molar-refractivity contribution < 1.29 is 14.6 Å². The van der Waals surface area contributed by atoms with Gasteiger partial charge in [0.2, 0.25) is 11.6 Å². The van der Waals surface area contributed by atoms with E-state index < -0.39 is 27.1 Å². The van der Waals surface area contributed by atoms with Crippen LogP contribution in [0.3, 0.4) is 0 Å². The number of hydrazine groups is 1. The van der Waals surface area contributed by atoms with Crippen LogP contribution in [0.2, 0.25) is 0 Å². The summed E-state index contributed by atoms with van der Waals surface area (Å²) in [5.41, 5.74) is 3.88. The van der Waals surface area contributed by atoms with Gasteiger partial charge in [0.15, 0.2) is 0 Å². The van der Waals surface area contributed by atoms with Gasteiger partial charge >= 0.3 is 5.69 Å². The lowest BCUT2D eigenvalue weighted by Crippen LogP contribution is -2.30. The molecule has 0 aliphatic carbocycles. The molecule has 0 spiro atoms. The molecular formula is C17H12BrN7O5. The molecule has 0 aliphatic rings. The van der Waals surface area contributed by atoms with Crippen LogP contribution in [0.4, 0.5) is 28.7 Å². The highest BCUT2D eigenvalue weighted by Gasteiger charge is 2.25. The van der Waals surface area contributed by atoms with Gasteiger partial charge in [-0.1, -0.05) is 34.1 Å². The number of rotatable bonds is 7. The summed E-state index contributed by atoms with van der Waals surface area (Å²) < 4.78 is 0.749. The Balaban J connectivity index is 1.85. The van der Waals surface area contributed by atoms with Crippen LogP contribution in [0, 0.1) is 20.2 Å². The average molecular weight is 474 g/mol. The number of para-hydroxylation sites is 1. The molecule has 30 heavy (non-hydrogen) atoms. The van der Waals surface area contributed by atoms with Gasteiger partial charge < -0.3 is 5.32 Å². The Labute approximate surface area is 176 Å². The molecule has 152 valence electrons. The van der Waals surface area contributed by atoms with Gasteiger partial charge in [-0.3, -0.25) is 35.9 Å². The number of nitro groups is 2. The Bertz CT molecular complexity index is 1140. The van der Waals surface area contributed by atoms with Gasteiger partial charge in [-0.05, 0) is 24.3 Å². The SMILES string of the molecule is O=C(NNc1ncnc(Nc2cccc(Br)c2)c1[N+](=O)[O-])c1ccccc1[N+](=O)[O-]. The molecule has 0 saturated heterocycles. The molecule has 0 bridgehead atoms. The Kier molecular flexibility index (Phi) is 6.12. The second-order valence-corrected chi connectivity index (χ2v) is 6.58. The van der Waals surface area contributed by atoms with Gasteiger partial charge in [0.1, 0.15) is 11.9 Å². The largest absolute Gasteiger partial charge is 0.355 e. The zero-order valence-corrected chi connectivity index (χ0v) is 16.5. The van der Waals surface area contributed by atoms with Gasteiger partial charge in [-0.2, -0.15) is 0 Å². The van der Waals surface area contributed by atoms with Crippen LogP contribution in [0.15, 0.2) is 59.3 Å². The van der Waals surface area contributed by atoms with Crippen molar-refractivity contribution in [3.05, 3.63) is 85.1 Å². The van der Waals surface area contributed by atoms with E-state index in [2.05, 4.69) is 42.1 Å². The molecule has 0 atom stereocenters. The summed E-state index contributed by atoms with van der Waals surface area (Å²) in [7, 11) is 0. The summed E-state index contributed by atoms with van der Waals surface area (Å²) in [6.45, 7) is 0. The van der Waals surface area contributed by atoms with Gasteiger partial charge in [-0.25, -0.2) is 9.97 Å². The van der Waals surface area contributed by atoms with Crippen molar-refractivity contribution in [1.82, 2.24) is 15.4 Å². The molecule has 0 radical (unpaired) electrons. The molecule has 2 aromatic carbocycles. The lowest BCUT2D eigenvalue weighted by Gasteiger charge is -2.11. The van der Waals surface area contributed by atoms with Gasteiger partial charge in [0.05, 0.1) is 9.85 Å². The lowest BCUT2D eigenvalue weighted by atomic mass is 10.2. The Hall–Kier alpha value is -4.13. The molecule has 1 amide bonds.